The molecule has 1 aliphatic carbocycles. The van der Waals surface area contributed by atoms with Crippen LogP contribution in [0.2, 0.25) is 5.04 Å². The number of allylic oxidation sites excluding steroid dienone is 4. The molecule has 0 fully saturated rings. The summed E-state index contributed by atoms with van der Waals surface area (Å²) in [6.07, 6.45) is 36.4. The summed E-state index contributed by atoms with van der Waals surface area (Å²) in [6, 6.07) is 5.01. The fourth-order valence-corrected chi connectivity index (χ4v) is 8.18. The van der Waals surface area contributed by atoms with E-state index in [9.17, 15) is 0 Å². The third-order valence-corrected chi connectivity index (χ3v) is 10.9. The molecule has 0 bridgehead atoms. The van der Waals surface area contributed by atoms with Crippen molar-refractivity contribution in [3.8, 4) is 0 Å². The summed E-state index contributed by atoms with van der Waals surface area (Å²) < 4.78 is 0. The second-order valence-corrected chi connectivity index (χ2v) is 14.7. The van der Waals surface area contributed by atoms with Crippen molar-refractivity contribution in [1.29, 1.82) is 0 Å². The zero-order valence-corrected chi connectivity index (χ0v) is 31.1. The molecule has 2 atom stereocenters. The fourth-order valence-electron chi connectivity index (χ4n) is 5.92. The molecule has 0 spiro atoms. The standard InChI is InChI=1S/C34H59Si.3ClH.Ti/c1-5-7-8-9-10-11-12-13-14-15-16-17-18-19-20-22-25-32-31(30(3)6-2)26-27-33(32)35-34(4)28-23-21-24-29-34;;;;/h21,23-24,26-28,30H,5-20,22,25,29,35H2,1-4H3;3*1H;/q-1;;;;+4/p-3. The molecule has 0 saturated carbocycles. The molecule has 2 unspecified atom stereocenters. The Morgan fingerprint density at radius 3 is 1.69 bits per heavy atom. The van der Waals surface area contributed by atoms with E-state index in [1.807, 2.05) is 0 Å². The molecular weight excluding hydrogens is 591 g/mol. The normalized spacial score (nSPS) is 16.8. The first-order valence-electron chi connectivity index (χ1n) is 15.7. The van der Waals surface area contributed by atoms with Gasteiger partial charge in [0.15, 0.2) is 0 Å². The first-order chi connectivity index (χ1) is 17.1. The van der Waals surface area contributed by atoms with E-state index < -0.39 is 0 Å². The Balaban J connectivity index is -0.00000324. The Kier molecular flexibility index (Phi) is 31.0. The molecule has 0 aliphatic heterocycles. The molecule has 1 aromatic carbocycles. The zero-order chi connectivity index (χ0) is 25.2. The van der Waals surface area contributed by atoms with E-state index in [0.717, 1.165) is 0 Å². The summed E-state index contributed by atoms with van der Waals surface area (Å²) in [6.45, 7) is 9.58. The smallest absolute Gasteiger partial charge is 1.00 e. The minimum absolute atomic E-state index is 0. The van der Waals surface area contributed by atoms with Gasteiger partial charge in [0, 0.05) is 9.52 Å². The van der Waals surface area contributed by atoms with Crippen LogP contribution in [0, 0.1) is 0 Å². The molecule has 0 N–H and O–H groups in total. The second kappa shape index (κ2) is 27.5. The maximum atomic E-state index is 2.52. The van der Waals surface area contributed by atoms with Crippen LogP contribution >= 0.6 is 0 Å². The maximum absolute atomic E-state index is 2.52. The number of unbranched alkanes of at least 4 members (excludes halogenated alkanes) is 15. The molecule has 1 aromatic rings. The Labute approximate surface area is 280 Å². The van der Waals surface area contributed by atoms with Crippen molar-refractivity contribution >= 4 is 14.7 Å². The largest absolute Gasteiger partial charge is 4.00 e. The van der Waals surface area contributed by atoms with Crippen molar-refractivity contribution in [2.75, 3.05) is 0 Å². The van der Waals surface area contributed by atoms with Crippen molar-refractivity contribution in [3.05, 3.63) is 47.6 Å². The van der Waals surface area contributed by atoms with Crippen LogP contribution < -0.4 is 42.4 Å². The molecule has 224 valence electrons. The summed E-state index contributed by atoms with van der Waals surface area (Å²) in [7, 11) is -0.306. The van der Waals surface area contributed by atoms with Crippen LogP contribution in [-0.4, -0.2) is 9.52 Å². The molecule has 1 aliphatic rings. The Morgan fingerprint density at radius 1 is 0.769 bits per heavy atom. The molecular formula is C34H59Cl3SiTi. The predicted molar refractivity (Wildman–Crippen MR) is 163 cm³/mol. The van der Waals surface area contributed by atoms with E-state index in [1.54, 1.807) is 16.3 Å². The van der Waals surface area contributed by atoms with Gasteiger partial charge in [-0.05, 0) is 11.5 Å². The van der Waals surface area contributed by atoms with E-state index in [2.05, 4.69) is 64.1 Å². The SMILES string of the molecule is CCCCCCCCCCCCCCCCCCc1c(C(C)CC)cc[c-]1[SiH2]C1(C)C=CC=CC1.[Cl-].[Cl-].[Cl-].[Ti+4]. The summed E-state index contributed by atoms with van der Waals surface area (Å²) in [4.78, 5) is 0. The minimum atomic E-state index is -0.306. The van der Waals surface area contributed by atoms with Gasteiger partial charge >= 0.3 is 21.7 Å². The van der Waals surface area contributed by atoms with Crippen LogP contribution in [-0.2, 0) is 28.1 Å². The van der Waals surface area contributed by atoms with Crippen LogP contribution in [0.1, 0.15) is 160 Å². The van der Waals surface area contributed by atoms with Gasteiger partial charge in [0.1, 0.15) is 0 Å². The molecule has 0 heterocycles. The fraction of sp³-hybridized carbons (Fsp3) is 0.735. The van der Waals surface area contributed by atoms with E-state index in [-0.39, 0.29) is 68.5 Å². The van der Waals surface area contributed by atoms with Crippen molar-refractivity contribution in [2.24, 2.45) is 0 Å². The van der Waals surface area contributed by atoms with Crippen molar-refractivity contribution in [1.82, 2.24) is 0 Å². The number of rotatable bonds is 21. The van der Waals surface area contributed by atoms with E-state index >= 15 is 0 Å². The molecule has 0 aromatic heterocycles. The van der Waals surface area contributed by atoms with Gasteiger partial charge in [-0.3, -0.25) is 0 Å². The molecule has 0 amide bonds. The molecule has 0 radical (unpaired) electrons. The number of hydrogen-bond acceptors (Lipinski definition) is 0. The first kappa shape index (κ1) is 44.1. The summed E-state index contributed by atoms with van der Waals surface area (Å²) in [5.41, 5.74) is 3.44. The third kappa shape index (κ3) is 18.7. The Bertz CT molecular complexity index is 730. The van der Waals surface area contributed by atoms with Crippen LogP contribution in [0.4, 0.5) is 0 Å². The minimum Gasteiger partial charge on any atom is -1.00 e. The summed E-state index contributed by atoms with van der Waals surface area (Å²) >= 11 is 0. The summed E-state index contributed by atoms with van der Waals surface area (Å²) in [5.74, 6) is 0.711. The van der Waals surface area contributed by atoms with E-state index in [1.165, 1.54) is 122 Å². The summed E-state index contributed by atoms with van der Waals surface area (Å²) in [5, 5.41) is 2.20. The molecule has 0 saturated heterocycles. The van der Waals surface area contributed by atoms with Gasteiger partial charge in [0.2, 0.25) is 0 Å². The topological polar surface area (TPSA) is 0 Å². The van der Waals surface area contributed by atoms with Gasteiger partial charge in [-0.25, -0.2) is 6.07 Å². The van der Waals surface area contributed by atoms with Crippen LogP contribution in [0.5, 0.6) is 0 Å². The third-order valence-electron chi connectivity index (χ3n) is 8.55. The maximum Gasteiger partial charge on any atom is 4.00 e. The van der Waals surface area contributed by atoms with E-state index in [4.69, 9.17) is 0 Å². The Morgan fingerprint density at radius 2 is 1.26 bits per heavy atom. The van der Waals surface area contributed by atoms with Gasteiger partial charge in [0.05, 0.1) is 0 Å². The second-order valence-electron chi connectivity index (χ2n) is 12.0. The van der Waals surface area contributed by atoms with E-state index in [0.29, 0.717) is 11.0 Å². The number of hydrogen-bond donors (Lipinski definition) is 0. The van der Waals surface area contributed by atoms with Gasteiger partial charge in [-0.15, -0.1) is 0 Å². The van der Waals surface area contributed by atoms with Gasteiger partial charge in [0.25, 0.3) is 0 Å². The quantitative estimate of drug-likeness (QED) is 0.107. The van der Waals surface area contributed by atoms with Gasteiger partial charge in [-0.2, -0.15) is 22.4 Å². The number of halogens is 3. The van der Waals surface area contributed by atoms with Crippen LogP contribution in [0.3, 0.4) is 0 Å². The molecule has 2 rings (SSSR count). The van der Waals surface area contributed by atoms with Crippen molar-refractivity contribution < 1.29 is 58.9 Å². The average molecular weight is 650 g/mol. The Hall–Kier alpha value is 0.631. The van der Waals surface area contributed by atoms with Gasteiger partial charge < -0.3 is 37.2 Å². The first-order valence-corrected chi connectivity index (χ1v) is 17.1. The van der Waals surface area contributed by atoms with Crippen molar-refractivity contribution in [2.45, 2.75) is 161 Å². The van der Waals surface area contributed by atoms with Gasteiger partial charge in [-0.1, -0.05) is 173 Å². The van der Waals surface area contributed by atoms with Crippen LogP contribution in [0.15, 0.2) is 36.4 Å². The molecule has 0 nitrogen and oxygen atoms in total. The molecule has 5 heteroatoms. The average Bonchev–Trinajstić information content (AvgIpc) is 3.25. The zero-order valence-electron chi connectivity index (χ0n) is 25.8. The molecule has 39 heavy (non-hydrogen) atoms. The predicted octanol–water partition coefficient (Wildman–Crippen LogP) is 1.22. The van der Waals surface area contributed by atoms with Crippen molar-refractivity contribution in [3.63, 3.8) is 0 Å². The van der Waals surface area contributed by atoms with Crippen LogP contribution in [0.25, 0.3) is 0 Å². The monoisotopic (exact) mass is 648 g/mol.